The summed E-state index contributed by atoms with van der Waals surface area (Å²) >= 11 is 0. The average molecular weight is 359 g/mol. The molecule has 0 saturated heterocycles. The summed E-state index contributed by atoms with van der Waals surface area (Å²) < 4.78 is 13.5. The Labute approximate surface area is 151 Å². The van der Waals surface area contributed by atoms with Crippen molar-refractivity contribution in [3.05, 3.63) is 47.3 Å². The molecule has 0 fully saturated rings. The van der Waals surface area contributed by atoms with Crippen molar-refractivity contribution in [2.24, 2.45) is 0 Å². The van der Waals surface area contributed by atoms with Crippen molar-refractivity contribution >= 4 is 16.7 Å². The van der Waals surface area contributed by atoms with E-state index >= 15 is 0 Å². The Balaban J connectivity index is 1.79. The molecule has 0 aliphatic heterocycles. The number of hydrogen-bond acceptors (Lipinski definition) is 3. The van der Waals surface area contributed by atoms with Crippen LogP contribution in [0.15, 0.2) is 35.4 Å². The monoisotopic (exact) mass is 359 g/mol. The number of rotatable bonds is 3. The summed E-state index contributed by atoms with van der Waals surface area (Å²) in [7, 11) is -1.04. The molecule has 2 atom stereocenters. The van der Waals surface area contributed by atoms with Gasteiger partial charge >= 0.3 is 0 Å². The molecule has 0 bridgehead atoms. The van der Waals surface area contributed by atoms with Crippen molar-refractivity contribution in [2.75, 3.05) is 6.26 Å². The lowest BCUT2D eigenvalue weighted by Crippen LogP contribution is -2.32. The summed E-state index contributed by atoms with van der Waals surface area (Å²) in [5.74, 6) is -0.102. The molecular formula is C19H25N3O2S. The molecule has 1 aliphatic carbocycles. The standard InChI is InChI=1S/C19H25N3O2S/c1-19(2,3)22-17-7-5-6-16(15(17)12-20-22)21-18(23)13-8-10-14(11-9-13)25(4)24/h8-12,16H,5-7H2,1-4H3,(H,21,23). The van der Waals surface area contributed by atoms with Crippen LogP contribution in [0.2, 0.25) is 0 Å². The van der Waals surface area contributed by atoms with Crippen LogP contribution in [0.25, 0.3) is 0 Å². The Hall–Kier alpha value is -1.95. The smallest absolute Gasteiger partial charge is 0.251 e. The minimum absolute atomic E-state index is 0.00710. The molecular weight excluding hydrogens is 334 g/mol. The SMILES string of the molecule is CS(=O)c1ccc(C(=O)NC2CCCc3c2cnn3C(C)(C)C)cc1. The van der Waals surface area contributed by atoms with Crippen LogP contribution in [-0.4, -0.2) is 26.2 Å². The predicted octanol–water partition coefficient (Wildman–Crippen LogP) is 3.18. The van der Waals surface area contributed by atoms with Gasteiger partial charge in [0, 0.05) is 38.8 Å². The van der Waals surface area contributed by atoms with Crippen LogP contribution in [-0.2, 0) is 22.8 Å². The maximum Gasteiger partial charge on any atom is 0.251 e. The number of benzene rings is 1. The first kappa shape index (κ1) is 17.9. The molecule has 134 valence electrons. The molecule has 1 amide bonds. The largest absolute Gasteiger partial charge is 0.345 e. The van der Waals surface area contributed by atoms with E-state index in [0.29, 0.717) is 5.56 Å². The van der Waals surface area contributed by atoms with E-state index in [1.54, 1.807) is 30.5 Å². The highest BCUT2D eigenvalue weighted by Gasteiger charge is 2.29. The molecule has 3 rings (SSSR count). The summed E-state index contributed by atoms with van der Waals surface area (Å²) in [5, 5.41) is 7.70. The Bertz CT molecular complexity index is 803. The lowest BCUT2D eigenvalue weighted by Gasteiger charge is -2.28. The molecule has 0 saturated carbocycles. The first-order valence-electron chi connectivity index (χ1n) is 8.59. The van der Waals surface area contributed by atoms with Gasteiger partial charge in [-0.15, -0.1) is 0 Å². The molecule has 5 nitrogen and oxygen atoms in total. The third-order valence-electron chi connectivity index (χ3n) is 4.57. The van der Waals surface area contributed by atoms with Gasteiger partial charge in [0.2, 0.25) is 0 Å². The van der Waals surface area contributed by atoms with E-state index in [1.807, 2.05) is 6.20 Å². The molecule has 0 radical (unpaired) electrons. The number of nitrogens with zero attached hydrogens (tertiary/aromatic N) is 2. The van der Waals surface area contributed by atoms with Gasteiger partial charge in [0.25, 0.3) is 5.91 Å². The van der Waals surface area contributed by atoms with E-state index in [2.05, 4.69) is 35.9 Å². The maximum atomic E-state index is 12.6. The van der Waals surface area contributed by atoms with Gasteiger partial charge < -0.3 is 5.32 Å². The van der Waals surface area contributed by atoms with Gasteiger partial charge in [0.05, 0.1) is 17.8 Å². The van der Waals surface area contributed by atoms with Crippen LogP contribution in [0.1, 0.15) is 61.3 Å². The summed E-state index contributed by atoms with van der Waals surface area (Å²) in [6.07, 6.45) is 6.48. The molecule has 1 aromatic carbocycles. The van der Waals surface area contributed by atoms with Gasteiger partial charge in [-0.1, -0.05) is 0 Å². The zero-order valence-corrected chi connectivity index (χ0v) is 16.0. The van der Waals surface area contributed by atoms with Crippen molar-refractivity contribution < 1.29 is 9.00 Å². The molecule has 1 aromatic heterocycles. The Kier molecular flexibility index (Phi) is 4.82. The molecule has 0 spiro atoms. The van der Waals surface area contributed by atoms with Gasteiger partial charge in [-0.05, 0) is 64.3 Å². The highest BCUT2D eigenvalue weighted by Crippen LogP contribution is 2.32. The quantitative estimate of drug-likeness (QED) is 0.915. The van der Waals surface area contributed by atoms with E-state index in [0.717, 1.165) is 29.7 Å². The molecule has 25 heavy (non-hydrogen) atoms. The molecule has 2 aromatic rings. The van der Waals surface area contributed by atoms with E-state index in [-0.39, 0.29) is 17.5 Å². The first-order chi connectivity index (χ1) is 11.8. The van der Waals surface area contributed by atoms with Gasteiger partial charge in [-0.3, -0.25) is 13.7 Å². The predicted molar refractivity (Wildman–Crippen MR) is 99.1 cm³/mol. The van der Waals surface area contributed by atoms with Crippen LogP contribution in [0.5, 0.6) is 0 Å². The Morgan fingerprint density at radius 2 is 1.96 bits per heavy atom. The van der Waals surface area contributed by atoms with Crippen LogP contribution in [0, 0.1) is 0 Å². The third kappa shape index (κ3) is 3.68. The fraction of sp³-hybridized carbons (Fsp3) is 0.474. The number of carbonyl (C=O) groups excluding carboxylic acids is 1. The second-order valence-corrected chi connectivity index (χ2v) is 8.91. The highest BCUT2D eigenvalue weighted by atomic mass is 32.2. The van der Waals surface area contributed by atoms with Crippen LogP contribution in [0.4, 0.5) is 0 Å². The van der Waals surface area contributed by atoms with Crippen molar-refractivity contribution in [1.29, 1.82) is 0 Å². The average Bonchev–Trinajstić information content (AvgIpc) is 3.00. The number of fused-ring (bicyclic) bond motifs is 1. The summed E-state index contributed by atoms with van der Waals surface area (Å²) in [6, 6.07) is 6.94. The fourth-order valence-corrected chi connectivity index (χ4v) is 3.84. The van der Waals surface area contributed by atoms with Crippen LogP contribution >= 0.6 is 0 Å². The minimum Gasteiger partial charge on any atom is -0.345 e. The van der Waals surface area contributed by atoms with Gasteiger partial charge in [-0.25, -0.2) is 0 Å². The first-order valence-corrected chi connectivity index (χ1v) is 10.1. The number of amides is 1. The highest BCUT2D eigenvalue weighted by molar-refractivity contribution is 7.84. The van der Waals surface area contributed by atoms with E-state index < -0.39 is 10.8 Å². The Morgan fingerprint density at radius 3 is 2.56 bits per heavy atom. The lowest BCUT2D eigenvalue weighted by molar-refractivity contribution is 0.0932. The molecule has 1 N–H and O–H groups in total. The van der Waals surface area contributed by atoms with Gasteiger partial charge in [0.1, 0.15) is 0 Å². The number of hydrogen-bond donors (Lipinski definition) is 1. The zero-order valence-electron chi connectivity index (χ0n) is 15.2. The van der Waals surface area contributed by atoms with E-state index in [4.69, 9.17) is 0 Å². The minimum atomic E-state index is -1.04. The molecule has 1 aliphatic rings. The van der Waals surface area contributed by atoms with Crippen molar-refractivity contribution in [3.8, 4) is 0 Å². The van der Waals surface area contributed by atoms with Gasteiger partial charge in [-0.2, -0.15) is 5.10 Å². The maximum absolute atomic E-state index is 12.6. The van der Waals surface area contributed by atoms with Crippen molar-refractivity contribution in [1.82, 2.24) is 15.1 Å². The van der Waals surface area contributed by atoms with E-state index in [1.165, 1.54) is 5.69 Å². The number of nitrogens with one attached hydrogen (secondary N) is 1. The van der Waals surface area contributed by atoms with E-state index in [9.17, 15) is 9.00 Å². The second kappa shape index (κ2) is 6.75. The summed E-state index contributed by atoms with van der Waals surface area (Å²) in [4.78, 5) is 13.3. The molecule has 1 heterocycles. The van der Waals surface area contributed by atoms with Crippen LogP contribution in [0.3, 0.4) is 0 Å². The molecule has 6 heteroatoms. The normalized spacial score (nSPS) is 18.5. The third-order valence-corrected chi connectivity index (χ3v) is 5.51. The lowest BCUT2D eigenvalue weighted by atomic mass is 9.92. The topological polar surface area (TPSA) is 64.0 Å². The summed E-state index contributed by atoms with van der Waals surface area (Å²) in [5.41, 5.74) is 2.87. The van der Waals surface area contributed by atoms with Crippen molar-refractivity contribution in [3.63, 3.8) is 0 Å². The zero-order chi connectivity index (χ0) is 18.2. The van der Waals surface area contributed by atoms with Crippen molar-refractivity contribution in [2.45, 2.75) is 56.5 Å². The molecule has 2 unspecified atom stereocenters. The van der Waals surface area contributed by atoms with Gasteiger partial charge in [0.15, 0.2) is 0 Å². The fourth-order valence-electron chi connectivity index (χ4n) is 3.32. The number of aromatic nitrogens is 2. The summed E-state index contributed by atoms with van der Waals surface area (Å²) in [6.45, 7) is 6.42. The number of carbonyl (C=O) groups is 1. The van der Waals surface area contributed by atoms with Crippen LogP contribution < -0.4 is 5.32 Å². The Morgan fingerprint density at radius 1 is 1.28 bits per heavy atom. The second-order valence-electron chi connectivity index (χ2n) is 7.53.